The van der Waals surface area contributed by atoms with Gasteiger partial charge in [0.05, 0.1) is 0 Å². The highest BCUT2D eigenvalue weighted by Gasteiger charge is 2.37. The number of hydrogen-bond donors (Lipinski definition) is 2. The second-order valence-electron chi connectivity index (χ2n) is 5.53. The molecule has 2 nitrogen and oxygen atoms in total. The predicted molar refractivity (Wildman–Crippen MR) is 55.6 cm³/mol. The number of nitrogens with one attached hydrogen (secondary N) is 1. The van der Waals surface area contributed by atoms with E-state index in [0.717, 1.165) is 12.1 Å². The van der Waals surface area contributed by atoms with Gasteiger partial charge in [0.15, 0.2) is 0 Å². The molecule has 2 aliphatic carbocycles. The van der Waals surface area contributed by atoms with Crippen molar-refractivity contribution in [1.29, 1.82) is 0 Å². The quantitative estimate of drug-likeness (QED) is 0.681. The topological polar surface area (TPSA) is 38.0 Å². The molecule has 2 fully saturated rings. The van der Waals surface area contributed by atoms with Gasteiger partial charge in [-0.05, 0) is 31.1 Å². The maximum atomic E-state index is 5.77. The zero-order valence-electron chi connectivity index (χ0n) is 8.84. The minimum atomic E-state index is 0.474. The SMILES string of the molecule is CC1(C)CCCC1NC1CC(N)C1. The summed E-state index contributed by atoms with van der Waals surface area (Å²) in [4.78, 5) is 0. The van der Waals surface area contributed by atoms with Crippen LogP contribution in [0.25, 0.3) is 0 Å². The lowest BCUT2D eigenvalue weighted by molar-refractivity contribution is 0.204. The highest BCUT2D eigenvalue weighted by molar-refractivity contribution is 4.96. The molecule has 0 aromatic heterocycles. The molecule has 0 heterocycles. The number of rotatable bonds is 2. The van der Waals surface area contributed by atoms with Gasteiger partial charge in [0, 0.05) is 18.1 Å². The molecule has 0 amide bonds. The van der Waals surface area contributed by atoms with E-state index < -0.39 is 0 Å². The first kappa shape index (κ1) is 9.47. The van der Waals surface area contributed by atoms with Gasteiger partial charge >= 0.3 is 0 Å². The van der Waals surface area contributed by atoms with Crippen molar-refractivity contribution in [2.45, 2.75) is 64.1 Å². The van der Waals surface area contributed by atoms with E-state index in [2.05, 4.69) is 19.2 Å². The summed E-state index contributed by atoms with van der Waals surface area (Å²) in [6.45, 7) is 4.77. The molecular formula is C11H22N2. The third kappa shape index (κ3) is 1.89. The van der Waals surface area contributed by atoms with Crippen LogP contribution in [0.2, 0.25) is 0 Å². The molecule has 0 radical (unpaired) electrons. The van der Waals surface area contributed by atoms with Gasteiger partial charge in [-0.15, -0.1) is 0 Å². The molecule has 0 aromatic carbocycles. The molecular weight excluding hydrogens is 160 g/mol. The number of nitrogens with two attached hydrogens (primary N) is 1. The first-order valence-corrected chi connectivity index (χ1v) is 5.59. The Morgan fingerprint density at radius 1 is 1.31 bits per heavy atom. The maximum absolute atomic E-state index is 5.77. The molecule has 0 aromatic rings. The van der Waals surface area contributed by atoms with E-state index in [1.807, 2.05) is 0 Å². The molecule has 2 saturated carbocycles. The van der Waals surface area contributed by atoms with E-state index in [4.69, 9.17) is 5.73 Å². The van der Waals surface area contributed by atoms with Crippen LogP contribution in [0.4, 0.5) is 0 Å². The van der Waals surface area contributed by atoms with Crippen molar-refractivity contribution >= 4 is 0 Å². The molecule has 0 spiro atoms. The first-order valence-electron chi connectivity index (χ1n) is 5.59. The predicted octanol–water partition coefficient (Wildman–Crippen LogP) is 1.64. The van der Waals surface area contributed by atoms with Crippen LogP contribution in [0.15, 0.2) is 0 Å². The summed E-state index contributed by atoms with van der Waals surface area (Å²) < 4.78 is 0. The molecule has 1 atom stereocenters. The monoisotopic (exact) mass is 182 g/mol. The zero-order chi connectivity index (χ0) is 9.47. The van der Waals surface area contributed by atoms with Crippen LogP contribution in [0.3, 0.4) is 0 Å². The highest BCUT2D eigenvalue weighted by Crippen LogP contribution is 2.38. The molecule has 0 saturated heterocycles. The Hall–Kier alpha value is -0.0800. The van der Waals surface area contributed by atoms with Crippen molar-refractivity contribution in [3.8, 4) is 0 Å². The summed E-state index contributed by atoms with van der Waals surface area (Å²) in [6.07, 6.45) is 6.50. The lowest BCUT2D eigenvalue weighted by Crippen LogP contribution is -2.53. The molecule has 2 aliphatic rings. The molecule has 0 aliphatic heterocycles. The van der Waals surface area contributed by atoms with Crippen molar-refractivity contribution in [3.63, 3.8) is 0 Å². The van der Waals surface area contributed by atoms with Crippen molar-refractivity contribution in [2.24, 2.45) is 11.1 Å². The van der Waals surface area contributed by atoms with Crippen LogP contribution in [-0.2, 0) is 0 Å². The molecule has 2 heteroatoms. The van der Waals surface area contributed by atoms with Gasteiger partial charge in [-0.3, -0.25) is 0 Å². The van der Waals surface area contributed by atoms with E-state index in [1.165, 1.54) is 32.1 Å². The summed E-state index contributed by atoms with van der Waals surface area (Å²) in [5.41, 5.74) is 6.28. The Kier molecular flexibility index (Phi) is 2.37. The van der Waals surface area contributed by atoms with Crippen LogP contribution in [0.1, 0.15) is 46.0 Å². The van der Waals surface area contributed by atoms with Gasteiger partial charge < -0.3 is 11.1 Å². The van der Waals surface area contributed by atoms with E-state index >= 15 is 0 Å². The van der Waals surface area contributed by atoms with Gasteiger partial charge in [0.25, 0.3) is 0 Å². The highest BCUT2D eigenvalue weighted by atomic mass is 15.0. The third-order valence-electron chi connectivity index (χ3n) is 3.87. The van der Waals surface area contributed by atoms with Crippen LogP contribution in [0.5, 0.6) is 0 Å². The average molecular weight is 182 g/mol. The molecule has 3 N–H and O–H groups in total. The average Bonchev–Trinajstić information content (AvgIpc) is 2.28. The Labute approximate surface area is 81.3 Å². The fourth-order valence-electron chi connectivity index (χ4n) is 2.72. The van der Waals surface area contributed by atoms with E-state index in [9.17, 15) is 0 Å². The van der Waals surface area contributed by atoms with Gasteiger partial charge in [-0.1, -0.05) is 20.3 Å². The fraction of sp³-hybridized carbons (Fsp3) is 1.00. The van der Waals surface area contributed by atoms with Gasteiger partial charge in [-0.2, -0.15) is 0 Å². The second kappa shape index (κ2) is 3.25. The Bertz CT molecular complexity index is 183. The molecule has 76 valence electrons. The summed E-state index contributed by atoms with van der Waals surface area (Å²) in [7, 11) is 0. The lowest BCUT2D eigenvalue weighted by atomic mass is 9.83. The van der Waals surface area contributed by atoms with Crippen molar-refractivity contribution in [1.82, 2.24) is 5.32 Å². The first-order chi connectivity index (χ1) is 6.08. The molecule has 2 rings (SSSR count). The van der Waals surface area contributed by atoms with Crippen molar-refractivity contribution in [2.75, 3.05) is 0 Å². The Morgan fingerprint density at radius 2 is 2.00 bits per heavy atom. The van der Waals surface area contributed by atoms with Gasteiger partial charge in [-0.25, -0.2) is 0 Å². The van der Waals surface area contributed by atoms with Gasteiger partial charge in [0.1, 0.15) is 0 Å². The summed E-state index contributed by atoms with van der Waals surface area (Å²) in [6, 6.07) is 1.93. The summed E-state index contributed by atoms with van der Waals surface area (Å²) >= 11 is 0. The largest absolute Gasteiger partial charge is 0.328 e. The maximum Gasteiger partial charge on any atom is 0.0121 e. The Morgan fingerprint density at radius 3 is 2.46 bits per heavy atom. The molecule has 13 heavy (non-hydrogen) atoms. The molecule has 1 unspecified atom stereocenters. The van der Waals surface area contributed by atoms with Crippen molar-refractivity contribution < 1.29 is 0 Å². The smallest absolute Gasteiger partial charge is 0.0121 e. The van der Waals surface area contributed by atoms with Crippen LogP contribution < -0.4 is 11.1 Å². The van der Waals surface area contributed by atoms with E-state index in [0.29, 0.717) is 11.5 Å². The van der Waals surface area contributed by atoms with E-state index in [1.54, 1.807) is 0 Å². The molecule has 0 bridgehead atoms. The second-order valence-corrected chi connectivity index (χ2v) is 5.53. The van der Waals surface area contributed by atoms with Crippen LogP contribution >= 0.6 is 0 Å². The normalized spacial score (nSPS) is 43.2. The minimum Gasteiger partial charge on any atom is -0.328 e. The standard InChI is InChI=1S/C11H22N2/c1-11(2)5-3-4-10(11)13-9-6-8(12)7-9/h8-10,13H,3-7,12H2,1-2H3. The summed E-state index contributed by atoms with van der Waals surface area (Å²) in [5.74, 6) is 0. The Balaban J connectivity index is 1.81. The lowest BCUT2D eigenvalue weighted by Gasteiger charge is -2.39. The fourth-order valence-corrected chi connectivity index (χ4v) is 2.72. The van der Waals surface area contributed by atoms with Crippen LogP contribution in [0, 0.1) is 5.41 Å². The summed E-state index contributed by atoms with van der Waals surface area (Å²) in [5, 5.41) is 3.76. The van der Waals surface area contributed by atoms with Crippen molar-refractivity contribution in [3.05, 3.63) is 0 Å². The minimum absolute atomic E-state index is 0.474. The zero-order valence-corrected chi connectivity index (χ0v) is 8.84. The van der Waals surface area contributed by atoms with E-state index in [-0.39, 0.29) is 0 Å². The number of hydrogen-bond acceptors (Lipinski definition) is 2. The third-order valence-corrected chi connectivity index (χ3v) is 3.87. The van der Waals surface area contributed by atoms with Gasteiger partial charge in [0.2, 0.25) is 0 Å². The van der Waals surface area contributed by atoms with Crippen LogP contribution in [-0.4, -0.2) is 18.1 Å².